The van der Waals surface area contributed by atoms with Crippen molar-refractivity contribution in [3.05, 3.63) is 71.8 Å². The zero-order valence-corrected chi connectivity index (χ0v) is 11.9. The number of hydrogen-bond acceptors (Lipinski definition) is 2. The highest BCUT2D eigenvalue weighted by atomic mass is 16.5. The summed E-state index contributed by atoms with van der Waals surface area (Å²) in [4.78, 5) is 0. The maximum absolute atomic E-state index is 5.56. The van der Waals surface area contributed by atoms with Gasteiger partial charge in [-0.05, 0) is 30.2 Å². The smallest absolute Gasteiger partial charge is 0.0651 e. The Morgan fingerprint density at radius 2 is 1.90 bits per heavy atom. The van der Waals surface area contributed by atoms with Gasteiger partial charge in [-0.15, -0.1) is 0 Å². The maximum Gasteiger partial charge on any atom is 0.0651 e. The van der Waals surface area contributed by atoms with Crippen LogP contribution in [0.3, 0.4) is 0 Å². The summed E-state index contributed by atoms with van der Waals surface area (Å²) in [6, 6.07) is 18.6. The topological polar surface area (TPSA) is 21.3 Å². The summed E-state index contributed by atoms with van der Waals surface area (Å²) < 4.78 is 5.56. The van der Waals surface area contributed by atoms with Crippen molar-refractivity contribution in [2.24, 2.45) is 0 Å². The third kappa shape index (κ3) is 5.29. The zero-order chi connectivity index (χ0) is 14.0. The molecule has 0 aliphatic rings. The van der Waals surface area contributed by atoms with Crippen LogP contribution < -0.4 is 5.32 Å². The molecule has 20 heavy (non-hydrogen) atoms. The van der Waals surface area contributed by atoms with E-state index in [2.05, 4.69) is 54.7 Å². The summed E-state index contributed by atoms with van der Waals surface area (Å²) in [5.74, 6) is 0. The molecule has 0 saturated heterocycles. The normalized spacial score (nSPS) is 10.8. The third-order valence-corrected chi connectivity index (χ3v) is 2.92. The average Bonchev–Trinajstić information content (AvgIpc) is 2.47. The molecule has 0 unspecified atom stereocenters. The van der Waals surface area contributed by atoms with E-state index in [1.54, 1.807) is 0 Å². The van der Waals surface area contributed by atoms with Gasteiger partial charge < -0.3 is 10.1 Å². The highest BCUT2D eigenvalue weighted by Crippen LogP contribution is 2.08. The molecule has 0 saturated carbocycles. The molecule has 0 atom stereocenters. The minimum atomic E-state index is 0.643. The average molecular weight is 267 g/mol. The SMILES string of the molecule is Cc1cccc(NCCOCC=Cc2ccccc2)c1. The van der Waals surface area contributed by atoms with Crippen molar-refractivity contribution in [2.75, 3.05) is 25.1 Å². The Balaban J connectivity index is 1.59. The lowest BCUT2D eigenvalue weighted by Gasteiger charge is -2.06. The number of nitrogens with one attached hydrogen (secondary N) is 1. The quantitative estimate of drug-likeness (QED) is 0.761. The van der Waals surface area contributed by atoms with E-state index in [1.165, 1.54) is 11.1 Å². The second kappa shape index (κ2) is 8.18. The maximum atomic E-state index is 5.56. The molecule has 0 spiro atoms. The third-order valence-electron chi connectivity index (χ3n) is 2.92. The molecule has 2 rings (SSSR count). The first-order chi connectivity index (χ1) is 9.84. The van der Waals surface area contributed by atoms with Gasteiger partial charge in [0.2, 0.25) is 0 Å². The molecule has 0 radical (unpaired) electrons. The highest BCUT2D eigenvalue weighted by Gasteiger charge is 1.91. The summed E-state index contributed by atoms with van der Waals surface area (Å²) in [5, 5.41) is 3.34. The van der Waals surface area contributed by atoms with Gasteiger partial charge in [0, 0.05) is 12.2 Å². The number of ether oxygens (including phenoxy) is 1. The molecule has 2 nitrogen and oxygen atoms in total. The van der Waals surface area contributed by atoms with E-state index in [0.29, 0.717) is 13.2 Å². The highest BCUT2D eigenvalue weighted by molar-refractivity contribution is 5.48. The fraction of sp³-hybridized carbons (Fsp3) is 0.222. The van der Waals surface area contributed by atoms with Crippen molar-refractivity contribution >= 4 is 11.8 Å². The molecular formula is C18H21NO. The number of hydrogen-bond donors (Lipinski definition) is 1. The lowest BCUT2D eigenvalue weighted by atomic mass is 10.2. The van der Waals surface area contributed by atoms with Gasteiger partial charge in [-0.2, -0.15) is 0 Å². The van der Waals surface area contributed by atoms with Crippen molar-refractivity contribution in [2.45, 2.75) is 6.92 Å². The van der Waals surface area contributed by atoms with Gasteiger partial charge in [-0.25, -0.2) is 0 Å². The first-order valence-corrected chi connectivity index (χ1v) is 6.94. The minimum absolute atomic E-state index is 0.643. The van der Waals surface area contributed by atoms with E-state index in [4.69, 9.17) is 4.74 Å². The molecule has 2 aromatic carbocycles. The molecule has 0 bridgehead atoms. The van der Waals surface area contributed by atoms with Crippen LogP contribution in [-0.2, 0) is 4.74 Å². The summed E-state index contributed by atoms with van der Waals surface area (Å²) in [5.41, 5.74) is 3.61. The van der Waals surface area contributed by atoms with Gasteiger partial charge in [0.15, 0.2) is 0 Å². The lowest BCUT2D eigenvalue weighted by Crippen LogP contribution is -2.09. The standard InChI is InChI=1S/C18H21NO/c1-16-7-5-11-18(15-16)19-12-14-20-13-6-10-17-8-3-2-4-9-17/h2-11,15,19H,12-14H2,1H3. The Labute approximate surface area is 121 Å². The first kappa shape index (κ1) is 14.4. The Hall–Kier alpha value is -2.06. The van der Waals surface area contributed by atoms with Crippen LogP contribution >= 0.6 is 0 Å². The van der Waals surface area contributed by atoms with Crippen molar-refractivity contribution in [3.63, 3.8) is 0 Å². The molecule has 104 valence electrons. The van der Waals surface area contributed by atoms with Gasteiger partial charge in [0.1, 0.15) is 0 Å². The Morgan fingerprint density at radius 1 is 1.05 bits per heavy atom. The van der Waals surface area contributed by atoms with Gasteiger partial charge in [-0.3, -0.25) is 0 Å². The molecule has 1 N–H and O–H groups in total. The lowest BCUT2D eigenvalue weighted by molar-refractivity contribution is 0.174. The van der Waals surface area contributed by atoms with Crippen LogP contribution in [0.25, 0.3) is 6.08 Å². The van der Waals surface area contributed by atoms with Gasteiger partial charge in [0.25, 0.3) is 0 Å². The van der Waals surface area contributed by atoms with E-state index in [0.717, 1.165) is 12.2 Å². The van der Waals surface area contributed by atoms with Crippen LogP contribution in [-0.4, -0.2) is 19.8 Å². The molecule has 0 aliphatic carbocycles. The molecule has 0 aromatic heterocycles. The van der Waals surface area contributed by atoms with Crippen molar-refractivity contribution in [3.8, 4) is 0 Å². The zero-order valence-electron chi connectivity index (χ0n) is 11.9. The second-order valence-electron chi connectivity index (χ2n) is 4.68. The van der Waals surface area contributed by atoms with E-state index in [1.807, 2.05) is 24.3 Å². The van der Waals surface area contributed by atoms with Gasteiger partial charge in [-0.1, -0.05) is 54.6 Å². The monoisotopic (exact) mass is 267 g/mol. The number of benzene rings is 2. The number of anilines is 1. The van der Waals surface area contributed by atoms with Crippen LogP contribution in [0.15, 0.2) is 60.7 Å². The molecule has 0 heterocycles. The molecule has 0 aliphatic heterocycles. The molecule has 2 aromatic rings. The number of aryl methyl sites for hydroxylation is 1. The summed E-state index contributed by atoms with van der Waals surface area (Å²) in [6.45, 7) is 4.26. The number of rotatable bonds is 7. The molecule has 2 heteroatoms. The molecule has 0 fully saturated rings. The van der Waals surface area contributed by atoms with Crippen LogP contribution in [0.1, 0.15) is 11.1 Å². The van der Waals surface area contributed by atoms with Crippen molar-refractivity contribution in [1.29, 1.82) is 0 Å². The van der Waals surface area contributed by atoms with Crippen molar-refractivity contribution in [1.82, 2.24) is 0 Å². The van der Waals surface area contributed by atoms with E-state index in [-0.39, 0.29) is 0 Å². The Kier molecular flexibility index (Phi) is 5.87. The largest absolute Gasteiger partial charge is 0.383 e. The van der Waals surface area contributed by atoms with Crippen LogP contribution in [0, 0.1) is 6.92 Å². The fourth-order valence-corrected chi connectivity index (χ4v) is 1.92. The predicted molar refractivity (Wildman–Crippen MR) is 86.0 cm³/mol. The van der Waals surface area contributed by atoms with E-state index in [9.17, 15) is 0 Å². The fourth-order valence-electron chi connectivity index (χ4n) is 1.92. The summed E-state index contributed by atoms with van der Waals surface area (Å²) in [6.07, 6.45) is 4.12. The van der Waals surface area contributed by atoms with Crippen LogP contribution in [0.5, 0.6) is 0 Å². The summed E-state index contributed by atoms with van der Waals surface area (Å²) in [7, 11) is 0. The van der Waals surface area contributed by atoms with E-state index < -0.39 is 0 Å². The molecular weight excluding hydrogens is 246 g/mol. The summed E-state index contributed by atoms with van der Waals surface area (Å²) >= 11 is 0. The Morgan fingerprint density at radius 3 is 2.70 bits per heavy atom. The van der Waals surface area contributed by atoms with Gasteiger partial charge >= 0.3 is 0 Å². The first-order valence-electron chi connectivity index (χ1n) is 6.94. The second-order valence-corrected chi connectivity index (χ2v) is 4.68. The predicted octanol–water partition coefficient (Wildman–Crippen LogP) is 4.14. The van der Waals surface area contributed by atoms with Gasteiger partial charge in [0.05, 0.1) is 13.2 Å². The van der Waals surface area contributed by atoms with Crippen LogP contribution in [0.4, 0.5) is 5.69 Å². The van der Waals surface area contributed by atoms with E-state index >= 15 is 0 Å². The van der Waals surface area contributed by atoms with Crippen LogP contribution in [0.2, 0.25) is 0 Å². The Bertz CT molecular complexity index is 534. The minimum Gasteiger partial charge on any atom is -0.383 e. The van der Waals surface area contributed by atoms with Crippen molar-refractivity contribution < 1.29 is 4.74 Å². The molecule has 0 amide bonds.